The van der Waals surface area contributed by atoms with Crippen molar-refractivity contribution >= 4 is 11.7 Å². The first-order chi connectivity index (χ1) is 7.74. The summed E-state index contributed by atoms with van der Waals surface area (Å²) in [6.07, 6.45) is 0.980. The van der Waals surface area contributed by atoms with Gasteiger partial charge in [0, 0.05) is 19.6 Å². The van der Waals surface area contributed by atoms with E-state index in [0.29, 0.717) is 18.9 Å². The first-order valence-corrected chi connectivity index (χ1v) is 5.44. The van der Waals surface area contributed by atoms with Crippen LogP contribution in [0.2, 0.25) is 0 Å². The molecule has 1 aromatic rings. The van der Waals surface area contributed by atoms with Gasteiger partial charge in [-0.15, -0.1) is 0 Å². The quantitative estimate of drug-likeness (QED) is 0.735. The van der Waals surface area contributed by atoms with Crippen LogP contribution >= 0.6 is 0 Å². The predicted molar refractivity (Wildman–Crippen MR) is 61.6 cm³/mol. The minimum atomic E-state index is 0.0846. The van der Waals surface area contributed by atoms with Gasteiger partial charge in [-0.1, -0.05) is 6.07 Å². The number of rotatable bonds is 2. The fourth-order valence-electron chi connectivity index (χ4n) is 1.82. The van der Waals surface area contributed by atoms with E-state index in [0.717, 1.165) is 25.2 Å². The van der Waals surface area contributed by atoms with Gasteiger partial charge in [0.15, 0.2) is 0 Å². The summed E-state index contributed by atoms with van der Waals surface area (Å²) in [6.45, 7) is 2.80. The summed E-state index contributed by atoms with van der Waals surface area (Å²) in [6, 6.07) is 5.58. The standard InChI is InChI=1S/C11H16N4O/c12-10-4-1-3-9(14-10)7-15-6-2-5-13-11(16)8-15/h1,3-4H,2,5-8H2,(H2,12,14)(H,13,16). The Morgan fingerprint density at radius 1 is 1.50 bits per heavy atom. The van der Waals surface area contributed by atoms with Crippen molar-refractivity contribution in [3.63, 3.8) is 0 Å². The Morgan fingerprint density at radius 3 is 3.19 bits per heavy atom. The van der Waals surface area contributed by atoms with E-state index < -0.39 is 0 Å². The summed E-state index contributed by atoms with van der Waals surface area (Å²) in [4.78, 5) is 17.7. The molecule has 5 heteroatoms. The lowest BCUT2D eigenvalue weighted by molar-refractivity contribution is -0.121. The van der Waals surface area contributed by atoms with Crippen molar-refractivity contribution in [2.45, 2.75) is 13.0 Å². The minimum absolute atomic E-state index is 0.0846. The lowest BCUT2D eigenvalue weighted by Gasteiger charge is -2.17. The number of nitrogen functional groups attached to an aromatic ring is 1. The zero-order valence-corrected chi connectivity index (χ0v) is 9.15. The molecule has 2 heterocycles. The Hall–Kier alpha value is -1.62. The molecule has 3 N–H and O–H groups in total. The van der Waals surface area contributed by atoms with Crippen LogP contribution < -0.4 is 11.1 Å². The molecule has 0 bridgehead atoms. The molecule has 2 rings (SSSR count). The molecule has 1 amide bonds. The van der Waals surface area contributed by atoms with Gasteiger partial charge in [-0.2, -0.15) is 0 Å². The first kappa shape index (κ1) is 10.9. The second kappa shape index (κ2) is 4.94. The van der Waals surface area contributed by atoms with Gasteiger partial charge in [-0.3, -0.25) is 9.69 Å². The number of anilines is 1. The van der Waals surface area contributed by atoms with Crippen LogP contribution in [-0.2, 0) is 11.3 Å². The number of carbonyl (C=O) groups excluding carboxylic acids is 1. The third-order valence-electron chi connectivity index (χ3n) is 2.55. The van der Waals surface area contributed by atoms with Crippen LogP contribution in [0.5, 0.6) is 0 Å². The Morgan fingerprint density at radius 2 is 2.38 bits per heavy atom. The van der Waals surface area contributed by atoms with Crippen molar-refractivity contribution < 1.29 is 4.79 Å². The van der Waals surface area contributed by atoms with Gasteiger partial charge in [-0.25, -0.2) is 4.98 Å². The van der Waals surface area contributed by atoms with Crippen LogP contribution in [0.15, 0.2) is 18.2 Å². The molecule has 16 heavy (non-hydrogen) atoms. The number of hydrogen-bond acceptors (Lipinski definition) is 4. The number of nitrogens with zero attached hydrogens (tertiary/aromatic N) is 2. The maximum absolute atomic E-state index is 11.4. The van der Waals surface area contributed by atoms with Gasteiger partial charge in [-0.05, 0) is 18.6 Å². The Labute approximate surface area is 94.6 Å². The highest BCUT2D eigenvalue weighted by molar-refractivity contribution is 5.78. The van der Waals surface area contributed by atoms with E-state index in [2.05, 4.69) is 15.2 Å². The summed E-state index contributed by atoms with van der Waals surface area (Å²) in [5, 5.41) is 2.85. The molecular weight excluding hydrogens is 204 g/mol. The SMILES string of the molecule is Nc1cccc(CN2CCCNC(=O)C2)n1. The first-order valence-electron chi connectivity index (χ1n) is 5.44. The van der Waals surface area contributed by atoms with Crippen molar-refractivity contribution in [2.24, 2.45) is 0 Å². The van der Waals surface area contributed by atoms with Crippen molar-refractivity contribution in [1.29, 1.82) is 0 Å². The number of hydrogen-bond donors (Lipinski definition) is 2. The molecule has 0 atom stereocenters. The molecule has 5 nitrogen and oxygen atoms in total. The number of nitrogens with one attached hydrogen (secondary N) is 1. The van der Waals surface area contributed by atoms with Crippen molar-refractivity contribution in [3.8, 4) is 0 Å². The predicted octanol–water partition coefficient (Wildman–Crippen LogP) is -0.0143. The van der Waals surface area contributed by atoms with Crippen molar-refractivity contribution in [3.05, 3.63) is 23.9 Å². The largest absolute Gasteiger partial charge is 0.384 e. The number of aromatic nitrogens is 1. The summed E-state index contributed by atoms with van der Waals surface area (Å²) in [5.74, 6) is 0.609. The van der Waals surface area contributed by atoms with Gasteiger partial charge in [0.25, 0.3) is 0 Å². The fraction of sp³-hybridized carbons (Fsp3) is 0.455. The maximum Gasteiger partial charge on any atom is 0.234 e. The molecule has 1 aromatic heterocycles. The smallest absolute Gasteiger partial charge is 0.234 e. The van der Waals surface area contributed by atoms with E-state index >= 15 is 0 Å². The summed E-state index contributed by atoms with van der Waals surface area (Å²) < 4.78 is 0. The molecule has 1 aliphatic rings. The van der Waals surface area contributed by atoms with Crippen LogP contribution in [0.3, 0.4) is 0 Å². The molecule has 0 unspecified atom stereocenters. The number of pyridine rings is 1. The second-order valence-corrected chi connectivity index (χ2v) is 3.97. The molecule has 1 aliphatic heterocycles. The molecule has 0 aromatic carbocycles. The zero-order valence-electron chi connectivity index (χ0n) is 9.15. The topological polar surface area (TPSA) is 71.2 Å². The van der Waals surface area contributed by atoms with Crippen LogP contribution in [0, 0.1) is 0 Å². The molecule has 1 saturated heterocycles. The third kappa shape index (κ3) is 2.93. The number of carbonyl (C=O) groups is 1. The highest BCUT2D eigenvalue weighted by atomic mass is 16.2. The molecular formula is C11H16N4O. The Bertz CT molecular complexity index is 380. The fourth-order valence-corrected chi connectivity index (χ4v) is 1.82. The van der Waals surface area contributed by atoms with Crippen molar-refractivity contribution in [1.82, 2.24) is 15.2 Å². The van der Waals surface area contributed by atoms with Gasteiger partial charge >= 0.3 is 0 Å². The van der Waals surface area contributed by atoms with Crippen LogP contribution in [0.25, 0.3) is 0 Å². The molecule has 0 radical (unpaired) electrons. The molecule has 0 saturated carbocycles. The minimum Gasteiger partial charge on any atom is -0.384 e. The van der Waals surface area contributed by atoms with Gasteiger partial charge in [0.05, 0.1) is 12.2 Å². The highest BCUT2D eigenvalue weighted by Crippen LogP contribution is 2.06. The van der Waals surface area contributed by atoms with E-state index in [9.17, 15) is 4.79 Å². The van der Waals surface area contributed by atoms with Gasteiger partial charge < -0.3 is 11.1 Å². The van der Waals surface area contributed by atoms with E-state index in [1.165, 1.54) is 0 Å². The maximum atomic E-state index is 11.4. The van der Waals surface area contributed by atoms with Crippen LogP contribution in [-0.4, -0.2) is 35.4 Å². The normalized spacial score (nSPS) is 17.9. The van der Waals surface area contributed by atoms with Gasteiger partial charge in [0.1, 0.15) is 5.82 Å². The van der Waals surface area contributed by atoms with E-state index in [1.54, 1.807) is 6.07 Å². The summed E-state index contributed by atoms with van der Waals surface area (Å²) in [7, 11) is 0. The molecule has 86 valence electrons. The van der Waals surface area contributed by atoms with E-state index in [1.807, 2.05) is 12.1 Å². The van der Waals surface area contributed by atoms with E-state index in [-0.39, 0.29) is 5.91 Å². The number of nitrogens with two attached hydrogens (primary N) is 1. The second-order valence-electron chi connectivity index (χ2n) is 3.97. The zero-order chi connectivity index (χ0) is 11.4. The highest BCUT2D eigenvalue weighted by Gasteiger charge is 2.14. The molecule has 0 spiro atoms. The van der Waals surface area contributed by atoms with Crippen LogP contribution in [0.1, 0.15) is 12.1 Å². The Kier molecular flexibility index (Phi) is 3.36. The Balaban J connectivity index is 2.00. The lowest BCUT2D eigenvalue weighted by Crippen LogP contribution is -2.32. The summed E-state index contributed by atoms with van der Waals surface area (Å²) >= 11 is 0. The van der Waals surface area contributed by atoms with Crippen molar-refractivity contribution in [2.75, 3.05) is 25.4 Å². The van der Waals surface area contributed by atoms with Crippen LogP contribution in [0.4, 0.5) is 5.82 Å². The average Bonchev–Trinajstić information content (AvgIpc) is 2.43. The number of amides is 1. The van der Waals surface area contributed by atoms with E-state index in [4.69, 9.17) is 5.73 Å². The third-order valence-corrected chi connectivity index (χ3v) is 2.55. The van der Waals surface area contributed by atoms with Gasteiger partial charge in [0.2, 0.25) is 5.91 Å². The molecule has 0 aliphatic carbocycles. The molecule has 1 fully saturated rings. The summed E-state index contributed by atoms with van der Waals surface area (Å²) in [5.41, 5.74) is 6.52. The monoisotopic (exact) mass is 220 g/mol. The average molecular weight is 220 g/mol. The lowest BCUT2D eigenvalue weighted by atomic mass is 10.3.